The van der Waals surface area contributed by atoms with Crippen molar-refractivity contribution in [2.75, 3.05) is 42.4 Å². The summed E-state index contributed by atoms with van der Waals surface area (Å²) in [6.07, 6.45) is 0.489. The van der Waals surface area contributed by atoms with Crippen LogP contribution in [0.1, 0.15) is 6.42 Å². The van der Waals surface area contributed by atoms with E-state index < -0.39 is 9.84 Å². The van der Waals surface area contributed by atoms with Crippen molar-refractivity contribution in [2.24, 2.45) is 10.2 Å². The molecule has 0 bridgehead atoms. The minimum Gasteiger partial charge on any atom is -0.381 e. The molecule has 2 aromatic rings. The molecule has 8 heteroatoms. The second kappa shape index (κ2) is 10.7. The lowest BCUT2D eigenvalue weighted by Gasteiger charge is -2.11. The number of azo groups is 1. The number of anilines is 1. The smallest absolute Gasteiger partial charge is 0.178 e. The Kier molecular flexibility index (Phi) is 8.65. The molecule has 0 saturated heterocycles. The lowest BCUT2D eigenvalue weighted by atomic mass is 10.3. The van der Waals surface area contributed by atoms with Crippen molar-refractivity contribution in [3.8, 4) is 0 Å². The fourth-order valence-corrected chi connectivity index (χ4v) is 3.87. The molecule has 0 heterocycles. The first-order valence-electron chi connectivity index (χ1n) is 8.58. The molecule has 0 aliphatic rings. The zero-order valence-corrected chi connectivity index (χ0v) is 18.5. The Balaban J connectivity index is 1.95. The van der Waals surface area contributed by atoms with Crippen molar-refractivity contribution in [1.29, 1.82) is 0 Å². The highest BCUT2D eigenvalue weighted by Crippen LogP contribution is 2.23. The van der Waals surface area contributed by atoms with E-state index in [1.807, 2.05) is 43.3 Å². The van der Waals surface area contributed by atoms with Gasteiger partial charge in [0.15, 0.2) is 9.84 Å². The molecule has 0 amide bonds. The minimum absolute atomic E-state index is 0.0767. The highest BCUT2D eigenvalue weighted by atomic mass is 127. The predicted octanol–water partition coefficient (Wildman–Crippen LogP) is 4.78. The van der Waals surface area contributed by atoms with E-state index >= 15 is 0 Å². The molecule has 0 atom stereocenters. The van der Waals surface area contributed by atoms with Crippen LogP contribution in [0.2, 0.25) is 0 Å². The van der Waals surface area contributed by atoms with Crippen LogP contribution in [-0.2, 0) is 14.6 Å². The molecular formula is C19H24IN3O3S. The summed E-state index contributed by atoms with van der Waals surface area (Å²) < 4.78 is 30.9. The molecule has 0 fully saturated rings. The Labute approximate surface area is 174 Å². The largest absolute Gasteiger partial charge is 0.381 e. The Morgan fingerprint density at radius 1 is 0.926 bits per heavy atom. The molecule has 2 rings (SSSR count). The number of ether oxygens (including phenoxy) is 1. The van der Waals surface area contributed by atoms with E-state index in [0.29, 0.717) is 30.2 Å². The van der Waals surface area contributed by atoms with E-state index in [2.05, 4.69) is 32.8 Å². The summed E-state index contributed by atoms with van der Waals surface area (Å²) in [7, 11) is 0.649. The fraction of sp³-hybridized carbons (Fsp3) is 0.368. The number of halogens is 1. The summed E-state index contributed by atoms with van der Waals surface area (Å²) in [5.74, 6) is 0.0767. The van der Waals surface area contributed by atoms with Crippen LogP contribution < -0.4 is 4.90 Å². The summed E-state index contributed by atoms with van der Waals surface area (Å²) in [4.78, 5) is 2.31. The van der Waals surface area contributed by atoms with E-state index in [1.165, 1.54) is 0 Å². The van der Waals surface area contributed by atoms with Crippen molar-refractivity contribution in [3.05, 3.63) is 48.5 Å². The number of nitrogens with zero attached hydrogens (tertiary/aromatic N) is 3. The molecule has 0 aromatic heterocycles. The zero-order chi connectivity index (χ0) is 19.7. The summed E-state index contributed by atoms with van der Waals surface area (Å²) in [5, 5.41) is 8.35. The number of benzene rings is 2. The molecule has 0 radical (unpaired) electrons. The summed E-state index contributed by atoms with van der Waals surface area (Å²) >= 11 is 2.22. The first-order valence-corrected chi connectivity index (χ1v) is 11.8. The molecular weight excluding hydrogens is 477 g/mol. The van der Waals surface area contributed by atoms with Crippen LogP contribution in [0.5, 0.6) is 0 Å². The summed E-state index contributed by atoms with van der Waals surface area (Å²) in [5.41, 5.74) is 2.43. The normalized spacial score (nSPS) is 11.8. The maximum atomic E-state index is 12.3. The maximum absolute atomic E-state index is 12.3. The molecule has 0 unspecified atom stereocenters. The Hall–Kier alpha value is -1.52. The molecule has 0 aliphatic carbocycles. The van der Waals surface area contributed by atoms with Crippen LogP contribution in [0.3, 0.4) is 0 Å². The zero-order valence-electron chi connectivity index (χ0n) is 15.5. The number of hydrogen-bond acceptors (Lipinski definition) is 6. The molecule has 6 nitrogen and oxygen atoms in total. The second-order valence-electron chi connectivity index (χ2n) is 6.08. The molecule has 2 aromatic carbocycles. The third-order valence-corrected chi connectivity index (χ3v) is 6.02. The van der Waals surface area contributed by atoms with E-state index in [1.54, 1.807) is 24.3 Å². The van der Waals surface area contributed by atoms with E-state index in [0.717, 1.165) is 15.8 Å². The lowest BCUT2D eigenvalue weighted by Crippen LogP contribution is -2.09. The SMILES string of the molecule is CN(C)c1ccc(N=Nc2ccc(S(=O)(=O)CCCOCCI)cc2)cc1. The standard InChI is InChI=1S/C19H24IN3O3S/c1-23(2)18-8-4-16(5-9-18)21-22-17-6-10-19(11-7-17)27(24,25)15-3-13-26-14-12-20/h4-11H,3,12-15H2,1-2H3. The van der Waals surface area contributed by atoms with Gasteiger partial charge in [-0.05, 0) is 55.0 Å². The van der Waals surface area contributed by atoms with Crippen molar-refractivity contribution in [2.45, 2.75) is 11.3 Å². The van der Waals surface area contributed by atoms with Crippen LogP contribution >= 0.6 is 22.6 Å². The van der Waals surface area contributed by atoms with Crippen LogP contribution in [0, 0.1) is 0 Å². The van der Waals surface area contributed by atoms with Crippen molar-refractivity contribution in [3.63, 3.8) is 0 Å². The second-order valence-corrected chi connectivity index (χ2v) is 9.27. The minimum atomic E-state index is -3.30. The van der Waals surface area contributed by atoms with Gasteiger partial charge in [0.25, 0.3) is 0 Å². The molecule has 0 saturated carbocycles. The van der Waals surface area contributed by atoms with Crippen molar-refractivity contribution in [1.82, 2.24) is 0 Å². The van der Waals surface area contributed by atoms with Gasteiger partial charge in [-0.2, -0.15) is 10.2 Å². The first-order chi connectivity index (χ1) is 12.9. The number of hydrogen-bond donors (Lipinski definition) is 0. The average molecular weight is 501 g/mol. The van der Waals surface area contributed by atoms with Gasteiger partial charge in [-0.3, -0.25) is 0 Å². The van der Waals surface area contributed by atoms with E-state index in [-0.39, 0.29) is 5.75 Å². The van der Waals surface area contributed by atoms with Crippen LogP contribution in [0.4, 0.5) is 17.1 Å². The molecule has 0 spiro atoms. The Bertz CT molecular complexity index is 836. The third-order valence-electron chi connectivity index (χ3n) is 3.77. The summed E-state index contributed by atoms with van der Waals surface area (Å²) in [6.45, 7) is 1.11. The van der Waals surface area contributed by atoms with Gasteiger partial charge in [-0.15, -0.1) is 0 Å². The van der Waals surface area contributed by atoms with Crippen molar-refractivity contribution < 1.29 is 13.2 Å². The lowest BCUT2D eigenvalue weighted by molar-refractivity contribution is 0.152. The van der Waals surface area contributed by atoms with Gasteiger partial charge in [-0.1, -0.05) is 22.6 Å². The average Bonchev–Trinajstić information content (AvgIpc) is 2.67. The van der Waals surface area contributed by atoms with Gasteiger partial charge in [0.1, 0.15) is 0 Å². The molecule has 146 valence electrons. The first kappa shape index (κ1) is 21.8. The van der Waals surface area contributed by atoms with Crippen LogP contribution in [0.25, 0.3) is 0 Å². The number of alkyl halides is 1. The topological polar surface area (TPSA) is 71.3 Å². The van der Waals surface area contributed by atoms with Gasteiger partial charge >= 0.3 is 0 Å². The molecule has 27 heavy (non-hydrogen) atoms. The van der Waals surface area contributed by atoms with Gasteiger partial charge in [0, 0.05) is 30.8 Å². The van der Waals surface area contributed by atoms with Gasteiger partial charge in [-0.25, -0.2) is 8.42 Å². The van der Waals surface area contributed by atoms with E-state index in [4.69, 9.17) is 4.74 Å². The maximum Gasteiger partial charge on any atom is 0.178 e. The molecule has 0 aliphatic heterocycles. The monoisotopic (exact) mass is 501 g/mol. The van der Waals surface area contributed by atoms with Gasteiger partial charge < -0.3 is 9.64 Å². The third kappa shape index (κ3) is 7.19. The Morgan fingerprint density at radius 2 is 1.48 bits per heavy atom. The molecule has 0 N–H and O–H groups in total. The highest BCUT2D eigenvalue weighted by Gasteiger charge is 2.13. The van der Waals surface area contributed by atoms with Gasteiger partial charge in [0.05, 0.1) is 28.6 Å². The predicted molar refractivity (Wildman–Crippen MR) is 118 cm³/mol. The fourth-order valence-electron chi connectivity index (χ4n) is 2.28. The number of rotatable bonds is 10. The highest BCUT2D eigenvalue weighted by molar-refractivity contribution is 14.1. The number of sulfone groups is 1. The van der Waals surface area contributed by atoms with E-state index in [9.17, 15) is 8.42 Å². The van der Waals surface area contributed by atoms with Crippen LogP contribution in [0.15, 0.2) is 63.7 Å². The van der Waals surface area contributed by atoms with Crippen LogP contribution in [-0.4, -0.2) is 45.9 Å². The Morgan fingerprint density at radius 3 is 2.00 bits per heavy atom. The van der Waals surface area contributed by atoms with Gasteiger partial charge in [0.2, 0.25) is 0 Å². The van der Waals surface area contributed by atoms with Crippen molar-refractivity contribution >= 4 is 49.5 Å². The summed E-state index contributed by atoms with van der Waals surface area (Å²) in [6, 6.07) is 14.2. The quantitative estimate of drug-likeness (QED) is 0.203.